The first kappa shape index (κ1) is 14.1. The fraction of sp³-hybridized carbons (Fsp3) is 0.714. The van der Waals surface area contributed by atoms with E-state index in [1.807, 2.05) is 10.7 Å². The quantitative estimate of drug-likeness (QED) is 0.906. The number of piperidine rings is 1. The molecule has 0 spiro atoms. The van der Waals surface area contributed by atoms with Crippen LogP contribution in [0.2, 0.25) is 0 Å². The van der Waals surface area contributed by atoms with E-state index in [0.717, 1.165) is 18.9 Å². The molecular formula is C14H24N4O. The Morgan fingerprint density at radius 3 is 3.05 bits per heavy atom. The molecule has 0 saturated carbocycles. The van der Waals surface area contributed by atoms with E-state index >= 15 is 0 Å². The maximum atomic E-state index is 12.1. The SMILES string of the molecule is CC1CCCN(CC(=O)Nc2ccnn2C(C)C)C1. The van der Waals surface area contributed by atoms with E-state index in [9.17, 15) is 4.79 Å². The van der Waals surface area contributed by atoms with Gasteiger partial charge in [0.2, 0.25) is 5.91 Å². The number of aromatic nitrogens is 2. The maximum absolute atomic E-state index is 12.1. The number of likely N-dealkylation sites (tertiary alicyclic amines) is 1. The molecule has 1 aromatic heterocycles. The molecular weight excluding hydrogens is 240 g/mol. The molecule has 1 aliphatic rings. The summed E-state index contributed by atoms with van der Waals surface area (Å²) < 4.78 is 1.83. The number of amides is 1. The summed E-state index contributed by atoms with van der Waals surface area (Å²) in [6.07, 6.45) is 4.19. The number of anilines is 1. The molecule has 19 heavy (non-hydrogen) atoms. The topological polar surface area (TPSA) is 50.2 Å². The van der Waals surface area contributed by atoms with Crippen molar-refractivity contribution in [2.45, 2.75) is 39.7 Å². The molecule has 1 N–H and O–H groups in total. The van der Waals surface area contributed by atoms with Gasteiger partial charge in [-0.05, 0) is 39.2 Å². The van der Waals surface area contributed by atoms with Crippen LogP contribution in [0.4, 0.5) is 5.82 Å². The van der Waals surface area contributed by atoms with Crippen LogP contribution in [0.25, 0.3) is 0 Å². The molecule has 0 radical (unpaired) electrons. The third-order valence-corrected chi connectivity index (χ3v) is 3.54. The van der Waals surface area contributed by atoms with Crippen molar-refractivity contribution in [3.63, 3.8) is 0 Å². The average molecular weight is 264 g/mol. The first-order valence-corrected chi connectivity index (χ1v) is 7.12. The zero-order chi connectivity index (χ0) is 13.8. The van der Waals surface area contributed by atoms with Crippen LogP contribution in [0.1, 0.15) is 39.7 Å². The van der Waals surface area contributed by atoms with Crippen LogP contribution in [0, 0.1) is 5.92 Å². The highest BCUT2D eigenvalue weighted by Gasteiger charge is 2.19. The summed E-state index contributed by atoms with van der Waals surface area (Å²) >= 11 is 0. The Labute approximate surface area is 115 Å². The molecule has 1 unspecified atom stereocenters. The Morgan fingerprint density at radius 2 is 2.37 bits per heavy atom. The Hall–Kier alpha value is -1.36. The van der Waals surface area contributed by atoms with Crippen LogP contribution < -0.4 is 5.32 Å². The Kier molecular flexibility index (Phi) is 4.58. The van der Waals surface area contributed by atoms with Gasteiger partial charge < -0.3 is 5.32 Å². The van der Waals surface area contributed by atoms with Gasteiger partial charge in [-0.1, -0.05) is 6.92 Å². The second kappa shape index (κ2) is 6.19. The highest BCUT2D eigenvalue weighted by atomic mass is 16.2. The summed E-state index contributed by atoms with van der Waals surface area (Å²) in [6.45, 7) is 8.88. The lowest BCUT2D eigenvalue weighted by Crippen LogP contribution is -2.40. The van der Waals surface area contributed by atoms with Gasteiger partial charge in [-0.25, -0.2) is 4.68 Å². The summed E-state index contributed by atoms with van der Waals surface area (Å²) in [6, 6.07) is 2.09. The second-order valence-electron chi connectivity index (χ2n) is 5.79. The lowest BCUT2D eigenvalue weighted by atomic mass is 10.0. The molecule has 2 heterocycles. The number of hydrogen-bond acceptors (Lipinski definition) is 3. The van der Waals surface area contributed by atoms with Crippen LogP contribution in [0.15, 0.2) is 12.3 Å². The minimum Gasteiger partial charge on any atom is -0.310 e. The van der Waals surface area contributed by atoms with E-state index in [1.165, 1.54) is 12.8 Å². The molecule has 1 atom stereocenters. The summed E-state index contributed by atoms with van der Waals surface area (Å²) in [5.74, 6) is 1.53. The van der Waals surface area contributed by atoms with Gasteiger partial charge in [0, 0.05) is 18.7 Å². The van der Waals surface area contributed by atoms with Crippen molar-refractivity contribution in [1.82, 2.24) is 14.7 Å². The largest absolute Gasteiger partial charge is 0.310 e. The lowest BCUT2D eigenvalue weighted by molar-refractivity contribution is -0.117. The van der Waals surface area contributed by atoms with Gasteiger partial charge in [0.25, 0.3) is 0 Å². The van der Waals surface area contributed by atoms with E-state index in [-0.39, 0.29) is 11.9 Å². The van der Waals surface area contributed by atoms with Gasteiger partial charge in [-0.2, -0.15) is 5.10 Å². The molecule has 0 aromatic carbocycles. The molecule has 0 bridgehead atoms. The van der Waals surface area contributed by atoms with E-state index in [2.05, 4.69) is 36.1 Å². The zero-order valence-electron chi connectivity index (χ0n) is 12.1. The molecule has 1 aliphatic heterocycles. The molecule has 2 rings (SSSR count). The number of nitrogens with one attached hydrogen (secondary N) is 1. The van der Waals surface area contributed by atoms with Crippen molar-refractivity contribution in [2.75, 3.05) is 25.0 Å². The number of hydrogen-bond donors (Lipinski definition) is 1. The second-order valence-corrected chi connectivity index (χ2v) is 5.79. The lowest BCUT2D eigenvalue weighted by Gasteiger charge is -2.30. The summed E-state index contributed by atoms with van der Waals surface area (Å²) in [5.41, 5.74) is 0. The van der Waals surface area contributed by atoms with E-state index < -0.39 is 0 Å². The minimum absolute atomic E-state index is 0.0523. The third-order valence-electron chi connectivity index (χ3n) is 3.54. The highest BCUT2D eigenvalue weighted by Crippen LogP contribution is 2.16. The zero-order valence-corrected chi connectivity index (χ0v) is 12.1. The number of carbonyl (C=O) groups excluding carboxylic acids is 1. The van der Waals surface area contributed by atoms with Crippen molar-refractivity contribution >= 4 is 11.7 Å². The van der Waals surface area contributed by atoms with Crippen LogP contribution in [0.5, 0.6) is 0 Å². The van der Waals surface area contributed by atoms with Crippen molar-refractivity contribution in [3.05, 3.63) is 12.3 Å². The number of nitrogens with zero attached hydrogens (tertiary/aromatic N) is 3. The van der Waals surface area contributed by atoms with Crippen molar-refractivity contribution in [3.8, 4) is 0 Å². The first-order valence-electron chi connectivity index (χ1n) is 7.12. The van der Waals surface area contributed by atoms with Crippen molar-refractivity contribution in [1.29, 1.82) is 0 Å². The van der Waals surface area contributed by atoms with Gasteiger partial charge >= 0.3 is 0 Å². The van der Waals surface area contributed by atoms with E-state index in [1.54, 1.807) is 6.20 Å². The molecule has 1 amide bonds. The molecule has 1 aromatic rings. The minimum atomic E-state index is 0.0523. The third kappa shape index (κ3) is 3.80. The van der Waals surface area contributed by atoms with Crippen LogP contribution >= 0.6 is 0 Å². The van der Waals surface area contributed by atoms with Gasteiger partial charge in [0.15, 0.2) is 0 Å². The molecule has 1 fully saturated rings. The summed E-state index contributed by atoms with van der Waals surface area (Å²) in [5, 5.41) is 7.17. The van der Waals surface area contributed by atoms with Crippen molar-refractivity contribution < 1.29 is 4.79 Å². The molecule has 0 aliphatic carbocycles. The summed E-state index contributed by atoms with van der Waals surface area (Å²) in [4.78, 5) is 14.3. The predicted molar refractivity (Wildman–Crippen MR) is 76.1 cm³/mol. The Balaban J connectivity index is 1.88. The molecule has 5 heteroatoms. The maximum Gasteiger partial charge on any atom is 0.239 e. The van der Waals surface area contributed by atoms with Crippen molar-refractivity contribution in [2.24, 2.45) is 5.92 Å². The first-order chi connectivity index (χ1) is 9.06. The van der Waals surface area contributed by atoms with Gasteiger partial charge in [0.05, 0.1) is 12.7 Å². The molecule has 106 valence electrons. The van der Waals surface area contributed by atoms with E-state index in [4.69, 9.17) is 0 Å². The van der Waals surface area contributed by atoms with Crippen LogP contribution in [-0.4, -0.2) is 40.2 Å². The van der Waals surface area contributed by atoms with Crippen LogP contribution in [0.3, 0.4) is 0 Å². The van der Waals surface area contributed by atoms with Crippen LogP contribution in [-0.2, 0) is 4.79 Å². The number of carbonyl (C=O) groups is 1. The summed E-state index contributed by atoms with van der Waals surface area (Å²) in [7, 11) is 0. The monoisotopic (exact) mass is 264 g/mol. The highest BCUT2D eigenvalue weighted by molar-refractivity contribution is 5.91. The molecule has 1 saturated heterocycles. The van der Waals surface area contributed by atoms with Gasteiger partial charge in [-0.3, -0.25) is 9.69 Å². The Bertz CT molecular complexity index is 427. The number of rotatable bonds is 4. The van der Waals surface area contributed by atoms with Gasteiger partial charge in [-0.15, -0.1) is 0 Å². The van der Waals surface area contributed by atoms with E-state index in [0.29, 0.717) is 12.5 Å². The average Bonchev–Trinajstić information content (AvgIpc) is 2.76. The fourth-order valence-corrected chi connectivity index (χ4v) is 2.64. The smallest absolute Gasteiger partial charge is 0.239 e. The standard InChI is InChI=1S/C14H24N4O/c1-11(2)18-13(6-7-15-18)16-14(19)10-17-8-4-5-12(3)9-17/h6-7,11-12H,4-5,8-10H2,1-3H3,(H,16,19). The Morgan fingerprint density at radius 1 is 1.58 bits per heavy atom. The molecule has 5 nitrogen and oxygen atoms in total. The normalized spacial score (nSPS) is 20.7. The van der Waals surface area contributed by atoms with Gasteiger partial charge in [0.1, 0.15) is 5.82 Å². The predicted octanol–water partition coefficient (Wildman–Crippen LogP) is 2.13. The fourth-order valence-electron chi connectivity index (χ4n) is 2.64.